The molecular formula is C8H10N4O3S. The highest BCUT2D eigenvalue weighted by molar-refractivity contribution is 7.15. The fourth-order valence-corrected chi connectivity index (χ4v) is 1.93. The molecule has 2 amide bonds. The zero-order valence-corrected chi connectivity index (χ0v) is 9.41. The molecule has 86 valence electrons. The molecule has 0 atom stereocenters. The maximum Gasteiger partial charge on any atom is 0.255 e. The minimum atomic E-state index is -0.336. The molecule has 1 aliphatic rings. The van der Waals surface area contributed by atoms with Gasteiger partial charge in [0.2, 0.25) is 5.13 Å². The zero-order valence-electron chi connectivity index (χ0n) is 8.60. The molecule has 1 saturated heterocycles. The second-order valence-corrected chi connectivity index (χ2v) is 4.18. The van der Waals surface area contributed by atoms with Gasteiger partial charge in [0, 0.05) is 7.05 Å². The molecule has 0 bridgehead atoms. The first-order valence-corrected chi connectivity index (χ1v) is 5.43. The van der Waals surface area contributed by atoms with E-state index in [1.54, 1.807) is 7.05 Å². The van der Waals surface area contributed by atoms with Gasteiger partial charge in [-0.1, -0.05) is 11.3 Å². The van der Waals surface area contributed by atoms with E-state index in [1.165, 1.54) is 11.3 Å². The summed E-state index contributed by atoms with van der Waals surface area (Å²) >= 11 is 1.31. The number of anilines is 1. The van der Waals surface area contributed by atoms with Crippen LogP contribution in [0.25, 0.3) is 0 Å². The van der Waals surface area contributed by atoms with E-state index in [-0.39, 0.29) is 31.6 Å². The predicted molar refractivity (Wildman–Crippen MR) is 55.8 cm³/mol. The Bertz CT molecular complexity index is 403. The van der Waals surface area contributed by atoms with Crippen molar-refractivity contribution in [2.45, 2.75) is 6.54 Å². The van der Waals surface area contributed by atoms with Crippen molar-refractivity contribution in [3.8, 4) is 0 Å². The van der Waals surface area contributed by atoms with Gasteiger partial charge in [-0.3, -0.25) is 14.5 Å². The monoisotopic (exact) mass is 242 g/mol. The molecule has 0 radical (unpaired) electrons. The topological polar surface area (TPSA) is 84.4 Å². The molecule has 0 aliphatic carbocycles. The van der Waals surface area contributed by atoms with Crippen LogP contribution in [0.15, 0.2) is 0 Å². The van der Waals surface area contributed by atoms with Gasteiger partial charge in [0.1, 0.15) is 18.2 Å². The van der Waals surface area contributed by atoms with Gasteiger partial charge in [-0.05, 0) is 0 Å². The fourth-order valence-electron chi connectivity index (χ4n) is 1.25. The lowest BCUT2D eigenvalue weighted by Gasteiger charge is -2.23. The number of morpholine rings is 1. The van der Waals surface area contributed by atoms with Gasteiger partial charge in [-0.15, -0.1) is 10.2 Å². The van der Waals surface area contributed by atoms with E-state index in [1.807, 2.05) is 0 Å². The SMILES string of the molecule is CNc1nnc(CN2C(=O)COCC2=O)s1. The Hall–Kier alpha value is -1.54. The third-order valence-corrected chi connectivity index (χ3v) is 2.95. The summed E-state index contributed by atoms with van der Waals surface area (Å²) in [6.45, 7) is 0.0627. The highest BCUT2D eigenvalue weighted by Gasteiger charge is 2.27. The lowest BCUT2D eigenvalue weighted by Crippen LogP contribution is -2.45. The number of aromatic nitrogens is 2. The van der Waals surface area contributed by atoms with Crippen LogP contribution >= 0.6 is 11.3 Å². The van der Waals surface area contributed by atoms with Crippen molar-refractivity contribution in [1.82, 2.24) is 15.1 Å². The van der Waals surface area contributed by atoms with Gasteiger partial charge >= 0.3 is 0 Å². The van der Waals surface area contributed by atoms with Crippen molar-refractivity contribution in [2.24, 2.45) is 0 Å². The number of hydrogen-bond donors (Lipinski definition) is 1. The molecule has 1 fully saturated rings. The normalized spacial score (nSPS) is 16.7. The van der Waals surface area contributed by atoms with Crippen LogP contribution in [0.4, 0.5) is 5.13 Å². The van der Waals surface area contributed by atoms with Gasteiger partial charge in [-0.2, -0.15) is 0 Å². The average molecular weight is 242 g/mol. The number of imide groups is 1. The van der Waals surface area contributed by atoms with Crippen LogP contribution in [-0.2, 0) is 20.9 Å². The van der Waals surface area contributed by atoms with Crippen LogP contribution < -0.4 is 5.32 Å². The first-order valence-electron chi connectivity index (χ1n) is 4.62. The molecule has 2 rings (SSSR count). The lowest BCUT2D eigenvalue weighted by molar-refractivity contribution is -0.159. The molecule has 1 aromatic heterocycles. The maximum atomic E-state index is 11.4. The molecule has 0 aromatic carbocycles. The third kappa shape index (κ3) is 2.17. The Balaban J connectivity index is 2.07. The van der Waals surface area contributed by atoms with E-state index in [0.717, 1.165) is 4.90 Å². The van der Waals surface area contributed by atoms with Crippen LogP contribution in [0.2, 0.25) is 0 Å². The van der Waals surface area contributed by atoms with E-state index < -0.39 is 0 Å². The van der Waals surface area contributed by atoms with Crippen LogP contribution in [0.5, 0.6) is 0 Å². The number of rotatable bonds is 3. The summed E-state index contributed by atoms with van der Waals surface area (Å²) in [6.07, 6.45) is 0. The highest BCUT2D eigenvalue weighted by Crippen LogP contribution is 2.17. The number of nitrogens with zero attached hydrogens (tertiary/aromatic N) is 3. The Kier molecular flexibility index (Phi) is 3.11. The summed E-state index contributed by atoms with van der Waals surface area (Å²) in [5.41, 5.74) is 0. The third-order valence-electron chi connectivity index (χ3n) is 2.03. The van der Waals surface area contributed by atoms with E-state index in [9.17, 15) is 9.59 Å². The van der Waals surface area contributed by atoms with Gasteiger partial charge < -0.3 is 10.1 Å². The number of hydrogen-bond acceptors (Lipinski definition) is 7. The minimum Gasteiger partial charge on any atom is -0.363 e. The summed E-state index contributed by atoms with van der Waals surface area (Å²) in [6, 6.07) is 0. The molecule has 2 heterocycles. The van der Waals surface area contributed by atoms with Crippen molar-refractivity contribution < 1.29 is 14.3 Å². The molecule has 0 unspecified atom stereocenters. The maximum absolute atomic E-state index is 11.4. The van der Waals surface area contributed by atoms with E-state index in [4.69, 9.17) is 4.74 Å². The van der Waals surface area contributed by atoms with Gasteiger partial charge in [0.05, 0.1) is 6.54 Å². The van der Waals surface area contributed by atoms with Crippen LogP contribution in [0.1, 0.15) is 5.01 Å². The molecule has 16 heavy (non-hydrogen) atoms. The smallest absolute Gasteiger partial charge is 0.255 e. The molecule has 0 saturated carbocycles. The van der Waals surface area contributed by atoms with Gasteiger partial charge in [0.25, 0.3) is 11.8 Å². The molecule has 8 heteroatoms. The van der Waals surface area contributed by atoms with Crippen molar-refractivity contribution in [2.75, 3.05) is 25.6 Å². The predicted octanol–water partition coefficient (Wildman–Crippen LogP) is -0.535. The Morgan fingerprint density at radius 2 is 2.06 bits per heavy atom. The minimum absolute atomic E-state index is 0.0522. The Morgan fingerprint density at radius 1 is 1.38 bits per heavy atom. The zero-order chi connectivity index (χ0) is 11.5. The second kappa shape index (κ2) is 4.54. The van der Waals surface area contributed by atoms with Gasteiger partial charge in [0.15, 0.2) is 0 Å². The Morgan fingerprint density at radius 3 is 2.62 bits per heavy atom. The summed E-state index contributed by atoms with van der Waals surface area (Å²) in [5.74, 6) is -0.671. The van der Waals surface area contributed by atoms with Crippen molar-refractivity contribution in [3.63, 3.8) is 0 Å². The lowest BCUT2D eigenvalue weighted by atomic mass is 10.4. The van der Waals surface area contributed by atoms with Crippen molar-refractivity contribution in [3.05, 3.63) is 5.01 Å². The molecule has 7 nitrogen and oxygen atoms in total. The van der Waals surface area contributed by atoms with Crippen LogP contribution in [0.3, 0.4) is 0 Å². The first-order chi connectivity index (χ1) is 7.70. The average Bonchev–Trinajstić information content (AvgIpc) is 2.71. The molecule has 0 spiro atoms. The first kappa shape index (κ1) is 11.0. The summed E-state index contributed by atoms with van der Waals surface area (Å²) in [5, 5.41) is 11.8. The van der Waals surface area contributed by atoms with Crippen molar-refractivity contribution >= 4 is 28.3 Å². The van der Waals surface area contributed by atoms with E-state index in [2.05, 4.69) is 15.5 Å². The Labute approximate surface area is 95.4 Å². The number of ether oxygens (including phenoxy) is 1. The van der Waals surface area contributed by atoms with Crippen molar-refractivity contribution in [1.29, 1.82) is 0 Å². The van der Waals surface area contributed by atoms with Crippen LogP contribution in [-0.4, -0.2) is 47.2 Å². The summed E-state index contributed by atoms with van der Waals surface area (Å²) in [4.78, 5) is 24.0. The number of amides is 2. The molecule has 1 aliphatic heterocycles. The van der Waals surface area contributed by atoms with E-state index >= 15 is 0 Å². The van der Waals surface area contributed by atoms with E-state index in [0.29, 0.717) is 10.1 Å². The molecular weight excluding hydrogens is 232 g/mol. The van der Waals surface area contributed by atoms with Crippen LogP contribution in [0, 0.1) is 0 Å². The molecule has 1 aromatic rings. The fraction of sp³-hybridized carbons (Fsp3) is 0.500. The second-order valence-electron chi connectivity index (χ2n) is 3.12. The quantitative estimate of drug-likeness (QED) is 0.717. The largest absolute Gasteiger partial charge is 0.363 e. The number of carbonyl (C=O) groups excluding carboxylic acids is 2. The van der Waals surface area contributed by atoms with Gasteiger partial charge in [-0.25, -0.2) is 0 Å². The standard InChI is InChI=1S/C8H10N4O3S/c1-9-8-11-10-5(16-8)2-12-6(13)3-15-4-7(12)14/h2-4H2,1H3,(H,9,11). The number of carbonyl (C=O) groups is 2. The number of nitrogens with one attached hydrogen (secondary N) is 1. The highest BCUT2D eigenvalue weighted by atomic mass is 32.1. The summed E-state index contributed by atoms with van der Waals surface area (Å²) < 4.78 is 4.80. The molecule has 1 N–H and O–H groups in total. The summed E-state index contributed by atoms with van der Waals surface area (Å²) in [7, 11) is 1.73.